The lowest BCUT2D eigenvalue weighted by molar-refractivity contribution is 0.0467. The van der Waals surface area contributed by atoms with Crippen molar-refractivity contribution in [1.29, 1.82) is 0 Å². The van der Waals surface area contributed by atoms with E-state index in [1.165, 1.54) is 31.2 Å². The Labute approximate surface area is 115 Å². The minimum absolute atomic E-state index is 0.00754. The molecule has 0 aliphatic heterocycles. The third kappa shape index (κ3) is 3.06. The topological polar surface area (TPSA) is 72.6 Å². The van der Waals surface area contributed by atoms with Crippen molar-refractivity contribution in [2.24, 2.45) is 0 Å². The minimum atomic E-state index is -0.772. The molecule has 0 fully saturated rings. The van der Waals surface area contributed by atoms with E-state index in [2.05, 4.69) is 0 Å². The Morgan fingerprint density at radius 1 is 1.30 bits per heavy atom. The lowest BCUT2D eigenvalue weighted by atomic mass is 10.1. The van der Waals surface area contributed by atoms with E-state index >= 15 is 0 Å². The maximum Gasteiger partial charge on any atom is 0.341 e. The predicted octanol–water partition coefficient (Wildman–Crippen LogP) is 2.78. The van der Waals surface area contributed by atoms with E-state index in [0.29, 0.717) is 16.8 Å². The van der Waals surface area contributed by atoms with Crippen LogP contribution in [0.1, 0.15) is 21.5 Å². The summed E-state index contributed by atoms with van der Waals surface area (Å²) in [5.74, 6) is -1.28. The van der Waals surface area contributed by atoms with Gasteiger partial charge in [0.1, 0.15) is 18.2 Å². The van der Waals surface area contributed by atoms with Crippen LogP contribution in [0.5, 0.6) is 5.75 Å². The number of phenolic OH excluding ortho intramolecular Hbond substituents is 1. The summed E-state index contributed by atoms with van der Waals surface area (Å²) in [6.45, 7) is 1.52. The van der Waals surface area contributed by atoms with Crippen molar-refractivity contribution < 1.29 is 19.0 Å². The van der Waals surface area contributed by atoms with Gasteiger partial charge in [0.15, 0.2) is 0 Å². The number of rotatable bonds is 3. The Balaban J connectivity index is 2.11. The number of aromatic hydroxyl groups is 1. The molecule has 2 aromatic carbocycles. The normalized spacial score (nSPS) is 10.3. The molecule has 0 atom stereocenters. The predicted molar refractivity (Wildman–Crippen MR) is 72.8 cm³/mol. The molecule has 5 heteroatoms. The van der Waals surface area contributed by atoms with Gasteiger partial charge in [0.05, 0.1) is 5.56 Å². The Hall–Kier alpha value is -2.56. The third-order valence-corrected chi connectivity index (χ3v) is 2.80. The number of carbonyl (C=O) groups excluding carboxylic acids is 1. The van der Waals surface area contributed by atoms with Crippen molar-refractivity contribution in [3.8, 4) is 5.75 Å². The Morgan fingerprint density at radius 3 is 2.60 bits per heavy atom. The zero-order valence-electron chi connectivity index (χ0n) is 10.9. The van der Waals surface area contributed by atoms with Crippen LogP contribution in [-0.2, 0) is 11.3 Å². The molecule has 4 nitrogen and oxygen atoms in total. The van der Waals surface area contributed by atoms with Crippen LogP contribution in [0.4, 0.5) is 10.1 Å². The average Bonchev–Trinajstić information content (AvgIpc) is 2.42. The lowest BCUT2D eigenvalue weighted by Gasteiger charge is -2.08. The SMILES string of the molecule is Cc1cc(N)cc(C(=O)OCc2ccc(O)cc2)c1F. The number of hydrogen-bond donors (Lipinski definition) is 2. The van der Waals surface area contributed by atoms with Crippen LogP contribution in [0.3, 0.4) is 0 Å². The fraction of sp³-hybridized carbons (Fsp3) is 0.133. The Morgan fingerprint density at radius 2 is 1.95 bits per heavy atom. The first-order valence-corrected chi connectivity index (χ1v) is 5.98. The second-order valence-corrected chi connectivity index (χ2v) is 4.44. The van der Waals surface area contributed by atoms with Crippen molar-refractivity contribution in [3.05, 3.63) is 58.9 Å². The van der Waals surface area contributed by atoms with E-state index in [9.17, 15) is 9.18 Å². The van der Waals surface area contributed by atoms with Gasteiger partial charge >= 0.3 is 5.97 Å². The summed E-state index contributed by atoms with van der Waals surface area (Å²) < 4.78 is 18.9. The molecule has 2 aromatic rings. The molecule has 0 unspecified atom stereocenters. The number of esters is 1. The van der Waals surface area contributed by atoms with E-state index in [1.807, 2.05) is 0 Å². The van der Waals surface area contributed by atoms with Crippen LogP contribution in [-0.4, -0.2) is 11.1 Å². The van der Waals surface area contributed by atoms with E-state index in [4.69, 9.17) is 15.6 Å². The minimum Gasteiger partial charge on any atom is -0.508 e. The molecule has 20 heavy (non-hydrogen) atoms. The monoisotopic (exact) mass is 275 g/mol. The average molecular weight is 275 g/mol. The number of benzene rings is 2. The molecule has 104 valence electrons. The highest BCUT2D eigenvalue weighted by Crippen LogP contribution is 2.19. The Kier molecular flexibility index (Phi) is 3.89. The van der Waals surface area contributed by atoms with Crippen LogP contribution in [0.15, 0.2) is 36.4 Å². The standard InChI is InChI=1S/C15H14FNO3/c1-9-6-11(17)7-13(14(9)16)15(19)20-8-10-2-4-12(18)5-3-10/h2-7,18H,8,17H2,1H3. The van der Waals surface area contributed by atoms with Gasteiger partial charge in [-0.05, 0) is 42.3 Å². The van der Waals surface area contributed by atoms with Crippen molar-refractivity contribution >= 4 is 11.7 Å². The van der Waals surface area contributed by atoms with Crippen LogP contribution in [0.2, 0.25) is 0 Å². The number of hydrogen-bond acceptors (Lipinski definition) is 4. The van der Waals surface area contributed by atoms with Crippen molar-refractivity contribution in [3.63, 3.8) is 0 Å². The van der Waals surface area contributed by atoms with Crippen LogP contribution in [0, 0.1) is 12.7 Å². The maximum absolute atomic E-state index is 13.8. The second kappa shape index (κ2) is 5.61. The first kappa shape index (κ1) is 13.9. The molecule has 2 rings (SSSR count). The van der Waals surface area contributed by atoms with Crippen LogP contribution in [0.25, 0.3) is 0 Å². The van der Waals surface area contributed by atoms with Gasteiger partial charge in [0, 0.05) is 5.69 Å². The molecular formula is C15H14FNO3. The van der Waals surface area contributed by atoms with Gasteiger partial charge in [0.25, 0.3) is 0 Å². The fourth-order valence-electron chi connectivity index (χ4n) is 1.76. The molecule has 0 radical (unpaired) electrons. The fourth-order valence-corrected chi connectivity index (χ4v) is 1.76. The van der Waals surface area contributed by atoms with E-state index in [0.717, 1.165) is 0 Å². The molecule has 0 aliphatic rings. The highest BCUT2D eigenvalue weighted by atomic mass is 19.1. The summed E-state index contributed by atoms with van der Waals surface area (Å²) in [6.07, 6.45) is 0. The van der Waals surface area contributed by atoms with E-state index in [-0.39, 0.29) is 17.9 Å². The van der Waals surface area contributed by atoms with Crippen molar-refractivity contribution in [1.82, 2.24) is 0 Å². The summed E-state index contributed by atoms with van der Waals surface area (Å²) in [5, 5.41) is 9.14. The molecule has 0 aromatic heterocycles. The van der Waals surface area contributed by atoms with Crippen LogP contribution >= 0.6 is 0 Å². The van der Waals surface area contributed by atoms with E-state index in [1.54, 1.807) is 12.1 Å². The van der Waals surface area contributed by atoms with Gasteiger partial charge < -0.3 is 15.6 Å². The quantitative estimate of drug-likeness (QED) is 0.667. The first-order chi connectivity index (χ1) is 9.47. The number of halogens is 1. The van der Waals surface area contributed by atoms with Gasteiger partial charge in [0.2, 0.25) is 0 Å². The lowest BCUT2D eigenvalue weighted by Crippen LogP contribution is -2.09. The van der Waals surface area contributed by atoms with Crippen molar-refractivity contribution in [2.75, 3.05) is 5.73 Å². The number of anilines is 1. The molecule has 0 spiro atoms. The van der Waals surface area contributed by atoms with Crippen LogP contribution < -0.4 is 5.73 Å². The largest absolute Gasteiger partial charge is 0.508 e. The number of phenols is 1. The number of nitrogens with two attached hydrogens (primary N) is 1. The highest BCUT2D eigenvalue weighted by molar-refractivity contribution is 5.91. The summed E-state index contributed by atoms with van der Waals surface area (Å²) in [6, 6.07) is 8.89. The molecule has 0 bridgehead atoms. The summed E-state index contributed by atoms with van der Waals surface area (Å²) in [4.78, 5) is 11.8. The number of carbonyl (C=O) groups is 1. The maximum atomic E-state index is 13.8. The molecule has 0 saturated carbocycles. The van der Waals surface area contributed by atoms with Gasteiger partial charge in [-0.2, -0.15) is 0 Å². The zero-order valence-corrected chi connectivity index (χ0v) is 10.9. The molecular weight excluding hydrogens is 261 g/mol. The summed E-state index contributed by atoms with van der Waals surface area (Å²) >= 11 is 0. The Bertz CT molecular complexity index is 638. The van der Waals surface area contributed by atoms with Gasteiger partial charge in [-0.25, -0.2) is 9.18 Å². The first-order valence-electron chi connectivity index (χ1n) is 5.98. The zero-order chi connectivity index (χ0) is 14.7. The van der Waals surface area contributed by atoms with Gasteiger partial charge in [-0.15, -0.1) is 0 Å². The summed E-state index contributed by atoms with van der Waals surface area (Å²) in [5.41, 5.74) is 6.70. The number of nitrogen functional groups attached to an aromatic ring is 1. The van der Waals surface area contributed by atoms with Gasteiger partial charge in [-0.1, -0.05) is 12.1 Å². The highest BCUT2D eigenvalue weighted by Gasteiger charge is 2.16. The molecule has 0 saturated heterocycles. The summed E-state index contributed by atoms with van der Waals surface area (Å²) in [7, 11) is 0. The second-order valence-electron chi connectivity index (χ2n) is 4.44. The molecule has 0 aliphatic carbocycles. The van der Waals surface area contributed by atoms with Crippen molar-refractivity contribution in [2.45, 2.75) is 13.5 Å². The molecule has 0 amide bonds. The number of aryl methyl sites for hydroxylation is 1. The smallest absolute Gasteiger partial charge is 0.341 e. The van der Waals surface area contributed by atoms with E-state index < -0.39 is 11.8 Å². The molecule has 0 heterocycles. The number of ether oxygens (including phenoxy) is 1. The van der Waals surface area contributed by atoms with Gasteiger partial charge in [-0.3, -0.25) is 0 Å². The molecule has 3 N–H and O–H groups in total. The third-order valence-electron chi connectivity index (χ3n) is 2.80.